The molecule has 0 N–H and O–H groups in total. The first-order chi connectivity index (χ1) is 15.0. The quantitative estimate of drug-likeness (QED) is 0.479. The Kier molecular flexibility index (Phi) is 3.95. The highest BCUT2D eigenvalue weighted by atomic mass is 35.5. The van der Waals surface area contributed by atoms with Crippen LogP contribution in [0.2, 0.25) is 5.02 Å². The van der Waals surface area contributed by atoms with E-state index in [-0.39, 0.29) is 23.0 Å². The third-order valence-electron chi connectivity index (χ3n) is 6.25. The zero-order chi connectivity index (χ0) is 21.3. The van der Waals surface area contributed by atoms with Gasteiger partial charge in [0, 0.05) is 31.7 Å². The molecular formula is C20H17ClFN7O2. The van der Waals surface area contributed by atoms with Crippen molar-refractivity contribution in [2.24, 2.45) is 18.9 Å². The van der Waals surface area contributed by atoms with E-state index in [4.69, 9.17) is 16.1 Å². The molecule has 2 aliphatic rings. The zero-order valence-electron chi connectivity index (χ0n) is 16.4. The maximum atomic E-state index is 13.8. The Morgan fingerprint density at radius 2 is 2.00 bits per heavy atom. The maximum Gasteiger partial charge on any atom is 0.280 e. The number of halogens is 2. The summed E-state index contributed by atoms with van der Waals surface area (Å²) in [5.74, 6) is 1.64. The molecule has 6 rings (SSSR count). The van der Waals surface area contributed by atoms with Gasteiger partial charge in [-0.25, -0.2) is 14.4 Å². The fourth-order valence-electron chi connectivity index (χ4n) is 4.60. The number of anilines is 1. The number of hydrogen-bond acceptors (Lipinski definition) is 7. The number of rotatable bonds is 4. The lowest BCUT2D eigenvalue weighted by atomic mass is 10.2. The minimum Gasteiger partial charge on any atom is -0.371 e. The minimum absolute atomic E-state index is 0.127. The Bertz CT molecular complexity index is 1370. The molecule has 1 saturated heterocycles. The summed E-state index contributed by atoms with van der Waals surface area (Å²) >= 11 is 5.78. The van der Waals surface area contributed by atoms with Gasteiger partial charge in [-0.05, 0) is 30.0 Å². The van der Waals surface area contributed by atoms with Gasteiger partial charge in [-0.2, -0.15) is 4.98 Å². The van der Waals surface area contributed by atoms with E-state index in [2.05, 4.69) is 25.0 Å². The molecule has 0 unspecified atom stereocenters. The summed E-state index contributed by atoms with van der Waals surface area (Å²) in [4.78, 5) is 27.6. The maximum absolute atomic E-state index is 13.8. The first kappa shape index (κ1) is 18.5. The molecule has 0 bridgehead atoms. The van der Waals surface area contributed by atoms with E-state index in [1.807, 2.05) is 6.07 Å². The van der Waals surface area contributed by atoms with E-state index in [0.29, 0.717) is 34.7 Å². The van der Waals surface area contributed by atoms with Crippen molar-refractivity contribution in [3.8, 4) is 0 Å². The summed E-state index contributed by atoms with van der Waals surface area (Å²) in [6, 6.07) is 4.89. The molecule has 3 atom stereocenters. The van der Waals surface area contributed by atoms with E-state index < -0.39 is 5.82 Å². The Morgan fingerprint density at radius 3 is 2.77 bits per heavy atom. The van der Waals surface area contributed by atoms with Gasteiger partial charge in [-0.1, -0.05) is 16.8 Å². The summed E-state index contributed by atoms with van der Waals surface area (Å²) in [5.41, 5.74) is 1.46. The van der Waals surface area contributed by atoms with Crippen molar-refractivity contribution in [3.05, 3.63) is 63.8 Å². The average molecular weight is 442 g/mol. The van der Waals surface area contributed by atoms with Crippen LogP contribution in [-0.2, 0) is 13.6 Å². The van der Waals surface area contributed by atoms with E-state index in [9.17, 15) is 9.18 Å². The summed E-state index contributed by atoms with van der Waals surface area (Å²) in [5, 5.41) is 4.27. The predicted molar refractivity (Wildman–Crippen MR) is 110 cm³/mol. The van der Waals surface area contributed by atoms with Crippen LogP contribution in [0.3, 0.4) is 0 Å². The second-order valence-electron chi connectivity index (χ2n) is 8.11. The van der Waals surface area contributed by atoms with Crippen LogP contribution >= 0.6 is 11.6 Å². The number of aromatic nitrogens is 6. The Hall–Kier alpha value is -3.27. The molecule has 9 nitrogen and oxygen atoms in total. The van der Waals surface area contributed by atoms with Crippen LogP contribution in [0.25, 0.3) is 11.2 Å². The molecule has 158 valence electrons. The van der Waals surface area contributed by atoms with E-state index in [1.54, 1.807) is 24.0 Å². The van der Waals surface area contributed by atoms with Crippen LogP contribution in [-0.4, -0.2) is 42.3 Å². The van der Waals surface area contributed by atoms with Crippen molar-refractivity contribution in [1.82, 2.24) is 29.2 Å². The van der Waals surface area contributed by atoms with Crippen LogP contribution in [0.1, 0.15) is 17.6 Å². The number of nitrogens with zero attached hydrogens (tertiary/aromatic N) is 7. The van der Waals surface area contributed by atoms with Gasteiger partial charge >= 0.3 is 0 Å². The van der Waals surface area contributed by atoms with Crippen molar-refractivity contribution in [1.29, 1.82) is 0 Å². The lowest BCUT2D eigenvalue weighted by molar-refractivity contribution is 0.363. The zero-order valence-corrected chi connectivity index (χ0v) is 17.2. The largest absolute Gasteiger partial charge is 0.371 e. The fourth-order valence-corrected chi connectivity index (χ4v) is 4.72. The molecule has 1 aliphatic carbocycles. The number of benzene rings is 1. The molecule has 2 fully saturated rings. The SMILES string of the molecule is Cn1cnc2ncn(Cc3nc([C@H]4[C@@H]5CN(c6ccc(Cl)c(F)c6)C[C@@H]54)no3)c(=O)c21. The Morgan fingerprint density at radius 1 is 1.23 bits per heavy atom. The molecule has 1 aromatic carbocycles. The molecule has 31 heavy (non-hydrogen) atoms. The molecular weight excluding hydrogens is 425 g/mol. The normalized spacial score (nSPS) is 22.3. The Labute approximate surface area is 180 Å². The molecule has 3 aromatic heterocycles. The van der Waals surface area contributed by atoms with Crippen molar-refractivity contribution in [2.45, 2.75) is 12.5 Å². The topological polar surface area (TPSA) is 94.9 Å². The number of piperidine rings is 1. The standard InChI is InChI=1S/C20H17ClFN7O2/c1-27-8-23-19-17(27)20(30)29(9-24-19)7-15-25-18(26-31-15)16-11-5-28(6-12(11)16)10-2-3-13(21)14(22)4-10/h2-4,8-9,11-12,16H,5-7H2,1H3/t11-,12+,16+. The highest BCUT2D eigenvalue weighted by Crippen LogP contribution is 2.58. The molecule has 4 heterocycles. The third-order valence-corrected chi connectivity index (χ3v) is 6.56. The van der Waals surface area contributed by atoms with Crippen molar-refractivity contribution >= 4 is 28.5 Å². The van der Waals surface area contributed by atoms with E-state index >= 15 is 0 Å². The van der Waals surface area contributed by atoms with Gasteiger partial charge in [0.05, 0.1) is 11.3 Å². The number of hydrogen-bond donors (Lipinski definition) is 0. The number of imidazole rings is 1. The molecule has 0 spiro atoms. The smallest absolute Gasteiger partial charge is 0.280 e. The van der Waals surface area contributed by atoms with Crippen LogP contribution in [0.15, 0.2) is 40.2 Å². The lowest BCUT2D eigenvalue weighted by Crippen LogP contribution is -2.24. The van der Waals surface area contributed by atoms with Gasteiger partial charge in [0.15, 0.2) is 17.0 Å². The molecule has 1 saturated carbocycles. The van der Waals surface area contributed by atoms with Crippen molar-refractivity contribution in [2.75, 3.05) is 18.0 Å². The molecule has 1 aliphatic heterocycles. The van der Waals surface area contributed by atoms with Crippen LogP contribution < -0.4 is 10.5 Å². The van der Waals surface area contributed by atoms with Gasteiger partial charge < -0.3 is 14.0 Å². The molecule has 0 radical (unpaired) electrons. The minimum atomic E-state index is -0.409. The third kappa shape index (κ3) is 2.93. The highest BCUT2D eigenvalue weighted by molar-refractivity contribution is 6.30. The second-order valence-corrected chi connectivity index (χ2v) is 8.52. The fraction of sp³-hybridized carbons (Fsp3) is 0.350. The molecule has 0 amide bonds. The first-order valence-electron chi connectivity index (χ1n) is 9.88. The molecule has 11 heteroatoms. The summed E-state index contributed by atoms with van der Waals surface area (Å²) < 4.78 is 22.2. The second kappa shape index (κ2) is 6.61. The van der Waals surface area contributed by atoms with Gasteiger partial charge in [0.2, 0.25) is 5.89 Å². The van der Waals surface area contributed by atoms with Crippen molar-refractivity contribution in [3.63, 3.8) is 0 Å². The predicted octanol–water partition coefficient (Wildman–Crippen LogP) is 2.20. The van der Waals surface area contributed by atoms with E-state index in [1.165, 1.54) is 17.0 Å². The van der Waals surface area contributed by atoms with E-state index in [0.717, 1.165) is 18.8 Å². The number of fused-ring (bicyclic) bond motifs is 2. The van der Waals surface area contributed by atoms with Gasteiger partial charge in [-0.15, -0.1) is 0 Å². The summed E-state index contributed by atoms with van der Waals surface area (Å²) in [7, 11) is 1.75. The molecule has 4 aromatic rings. The summed E-state index contributed by atoms with van der Waals surface area (Å²) in [6.45, 7) is 1.76. The van der Waals surface area contributed by atoms with Gasteiger partial charge in [-0.3, -0.25) is 9.36 Å². The first-order valence-corrected chi connectivity index (χ1v) is 10.3. The average Bonchev–Trinajstić information content (AvgIpc) is 3.18. The van der Waals surface area contributed by atoms with Gasteiger partial charge in [0.25, 0.3) is 5.56 Å². The monoisotopic (exact) mass is 441 g/mol. The Balaban J connectivity index is 1.16. The summed E-state index contributed by atoms with van der Waals surface area (Å²) in [6.07, 6.45) is 3.00. The van der Waals surface area contributed by atoms with Crippen LogP contribution in [0.4, 0.5) is 10.1 Å². The van der Waals surface area contributed by atoms with Crippen LogP contribution in [0.5, 0.6) is 0 Å². The number of aryl methyl sites for hydroxylation is 1. The van der Waals surface area contributed by atoms with Crippen molar-refractivity contribution < 1.29 is 8.91 Å². The van der Waals surface area contributed by atoms with Gasteiger partial charge in [0.1, 0.15) is 18.7 Å². The van der Waals surface area contributed by atoms with Crippen LogP contribution in [0, 0.1) is 17.7 Å². The lowest BCUT2D eigenvalue weighted by Gasteiger charge is -2.21. The highest BCUT2D eigenvalue weighted by Gasteiger charge is 2.58.